The normalized spacial score (nSPS) is 14.1. The number of carbonyl (C=O) groups is 1. The number of anilines is 2. The van der Waals surface area contributed by atoms with Crippen molar-refractivity contribution in [2.45, 2.75) is 19.4 Å². The third-order valence-corrected chi connectivity index (χ3v) is 5.50. The molecule has 0 atom stereocenters. The van der Waals surface area contributed by atoms with E-state index in [0.717, 1.165) is 11.5 Å². The maximum Gasteiger partial charge on any atom is 0.230 e. The first-order valence-electron chi connectivity index (χ1n) is 10.2. The lowest BCUT2D eigenvalue weighted by molar-refractivity contribution is -0.123. The maximum atomic E-state index is 13.4. The minimum Gasteiger partial charge on any atom is -0.357 e. The fourth-order valence-electron chi connectivity index (χ4n) is 3.79. The molecule has 1 saturated heterocycles. The number of halogens is 1. The molecule has 31 heavy (non-hydrogen) atoms. The molecule has 4 rings (SSSR count). The molecule has 2 aromatic heterocycles. The first kappa shape index (κ1) is 20.5. The molecule has 0 spiro atoms. The van der Waals surface area contributed by atoms with Gasteiger partial charge in [-0.05, 0) is 61.4 Å². The van der Waals surface area contributed by atoms with Crippen molar-refractivity contribution < 1.29 is 9.18 Å². The Morgan fingerprint density at radius 3 is 2.48 bits per heavy atom. The molecule has 6 nitrogen and oxygen atoms in total. The molecule has 0 unspecified atom stereocenters. The minimum atomic E-state index is -0.336. The van der Waals surface area contributed by atoms with E-state index in [4.69, 9.17) is 5.26 Å². The molecular formula is C24H22FN5O. The van der Waals surface area contributed by atoms with Crippen LogP contribution < -0.4 is 9.80 Å². The number of pyridine rings is 2. The molecule has 1 fully saturated rings. The molecule has 0 radical (unpaired) electrons. The van der Waals surface area contributed by atoms with Crippen molar-refractivity contribution in [2.75, 3.05) is 22.9 Å². The number of aromatic nitrogens is 2. The van der Waals surface area contributed by atoms with Crippen LogP contribution in [0.4, 0.5) is 15.9 Å². The van der Waals surface area contributed by atoms with Gasteiger partial charge in [-0.15, -0.1) is 0 Å². The van der Waals surface area contributed by atoms with Crippen LogP contribution in [0.1, 0.15) is 24.1 Å². The molecule has 0 bridgehead atoms. The maximum absolute atomic E-state index is 13.4. The van der Waals surface area contributed by atoms with Crippen LogP contribution >= 0.6 is 0 Å². The fourth-order valence-corrected chi connectivity index (χ4v) is 3.79. The predicted octanol–water partition coefficient (Wildman–Crippen LogP) is 3.94. The Morgan fingerprint density at radius 2 is 1.87 bits per heavy atom. The Balaban J connectivity index is 1.48. The van der Waals surface area contributed by atoms with Gasteiger partial charge in [-0.2, -0.15) is 5.26 Å². The van der Waals surface area contributed by atoms with Gasteiger partial charge in [-0.3, -0.25) is 9.78 Å². The third kappa shape index (κ3) is 4.86. The van der Waals surface area contributed by atoms with Gasteiger partial charge in [0.05, 0.1) is 17.8 Å². The molecule has 156 valence electrons. The lowest BCUT2D eigenvalue weighted by Gasteiger charge is -2.35. The van der Waals surface area contributed by atoms with Crippen LogP contribution in [-0.2, 0) is 11.3 Å². The summed E-state index contributed by atoms with van der Waals surface area (Å²) in [6.07, 6.45) is 4.66. The van der Waals surface area contributed by atoms with Gasteiger partial charge in [0.2, 0.25) is 5.91 Å². The summed E-state index contributed by atoms with van der Waals surface area (Å²) in [7, 11) is 0. The number of amides is 1. The van der Waals surface area contributed by atoms with Gasteiger partial charge < -0.3 is 9.80 Å². The monoisotopic (exact) mass is 415 g/mol. The van der Waals surface area contributed by atoms with Gasteiger partial charge in [-0.25, -0.2) is 9.37 Å². The van der Waals surface area contributed by atoms with E-state index in [2.05, 4.69) is 20.9 Å². The number of rotatable bonds is 5. The number of hydrogen-bond acceptors (Lipinski definition) is 5. The second kappa shape index (κ2) is 9.35. The highest BCUT2D eigenvalue weighted by molar-refractivity contribution is 5.95. The summed E-state index contributed by atoms with van der Waals surface area (Å²) in [4.78, 5) is 26.0. The first-order chi connectivity index (χ1) is 15.1. The van der Waals surface area contributed by atoms with Crippen LogP contribution in [0.15, 0.2) is 67.0 Å². The van der Waals surface area contributed by atoms with Crippen molar-refractivity contribution in [2.24, 2.45) is 5.92 Å². The van der Waals surface area contributed by atoms with Gasteiger partial charge in [0.15, 0.2) is 0 Å². The summed E-state index contributed by atoms with van der Waals surface area (Å²) in [5, 5.41) is 8.93. The second-order valence-corrected chi connectivity index (χ2v) is 7.50. The first-order valence-corrected chi connectivity index (χ1v) is 10.2. The van der Waals surface area contributed by atoms with Gasteiger partial charge in [-0.1, -0.05) is 6.07 Å². The van der Waals surface area contributed by atoms with Crippen LogP contribution in [-0.4, -0.2) is 29.0 Å². The lowest BCUT2D eigenvalue weighted by atomic mass is 9.94. The molecule has 0 aliphatic carbocycles. The number of carbonyl (C=O) groups excluding carboxylic acids is 1. The summed E-state index contributed by atoms with van der Waals surface area (Å²) in [5.41, 5.74) is 1.96. The molecular weight excluding hydrogens is 393 g/mol. The standard InChI is InChI=1S/C24H22FN5O/c25-20-5-7-22(8-6-20)30(17-21-3-1-2-12-27-21)24(31)19-10-13-29(14-11-19)23-9-4-18(15-26)16-28-23/h1-9,12,16,19H,10-11,13-14,17H2. The minimum absolute atomic E-state index is 0.0182. The third-order valence-electron chi connectivity index (χ3n) is 5.50. The molecule has 1 aliphatic rings. The van der Waals surface area contributed by atoms with Crippen LogP contribution in [0.25, 0.3) is 0 Å². The van der Waals surface area contributed by atoms with E-state index in [1.807, 2.05) is 24.3 Å². The van der Waals surface area contributed by atoms with Crippen molar-refractivity contribution >= 4 is 17.4 Å². The summed E-state index contributed by atoms with van der Waals surface area (Å²) in [6.45, 7) is 1.75. The van der Waals surface area contributed by atoms with E-state index in [9.17, 15) is 9.18 Å². The Morgan fingerprint density at radius 1 is 1.10 bits per heavy atom. The molecule has 0 N–H and O–H groups in total. The Hall–Kier alpha value is -3.79. The van der Waals surface area contributed by atoms with E-state index >= 15 is 0 Å². The van der Waals surface area contributed by atoms with Crippen molar-refractivity contribution in [3.8, 4) is 6.07 Å². The van der Waals surface area contributed by atoms with Crippen LogP contribution in [0.5, 0.6) is 0 Å². The summed E-state index contributed by atoms with van der Waals surface area (Å²) >= 11 is 0. The topological polar surface area (TPSA) is 73.1 Å². The van der Waals surface area contributed by atoms with Gasteiger partial charge in [0, 0.05) is 37.1 Å². The number of piperidine rings is 1. The van der Waals surface area contributed by atoms with Crippen molar-refractivity contribution in [3.63, 3.8) is 0 Å². The summed E-state index contributed by atoms with van der Waals surface area (Å²) in [6, 6.07) is 17.3. The molecule has 3 aromatic rings. The van der Waals surface area contributed by atoms with E-state index < -0.39 is 0 Å². The molecule has 1 aromatic carbocycles. The zero-order valence-corrected chi connectivity index (χ0v) is 17.0. The molecule has 7 heteroatoms. The average molecular weight is 415 g/mol. The molecule has 3 heterocycles. The van der Waals surface area contributed by atoms with E-state index in [1.54, 1.807) is 35.5 Å². The fraction of sp³-hybridized carbons (Fsp3) is 0.250. The molecule has 1 aliphatic heterocycles. The van der Waals surface area contributed by atoms with E-state index in [1.165, 1.54) is 12.1 Å². The highest BCUT2D eigenvalue weighted by atomic mass is 19.1. The van der Waals surface area contributed by atoms with Crippen LogP contribution in [0.2, 0.25) is 0 Å². The number of benzene rings is 1. The van der Waals surface area contributed by atoms with Crippen LogP contribution in [0, 0.1) is 23.1 Å². The Bertz CT molecular complexity index is 1060. The highest BCUT2D eigenvalue weighted by Gasteiger charge is 2.30. The van der Waals surface area contributed by atoms with E-state index in [-0.39, 0.29) is 17.6 Å². The average Bonchev–Trinajstić information content (AvgIpc) is 2.84. The summed E-state index contributed by atoms with van der Waals surface area (Å²) < 4.78 is 13.4. The van der Waals surface area contributed by atoms with Crippen molar-refractivity contribution in [3.05, 3.63) is 84.1 Å². The zero-order chi connectivity index (χ0) is 21.6. The van der Waals surface area contributed by atoms with Crippen LogP contribution in [0.3, 0.4) is 0 Å². The SMILES string of the molecule is N#Cc1ccc(N2CCC(C(=O)N(Cc3ccccn3)c3ccc(F)cc3)CC2)nc1. The largest absolute Gasteiger partial charge is 0.357 e. The molecule has 1 amide bonds. The van der Waals surface area contributed by atoms with E-state index in [0.29, 0.717) is 43.7 Å². The predicted molar refractivity (Wildman–Crippen MR) is 116 cm³/mol. The number of hydrogen-bond donors (Lipinski definition) is 0. The number of nitrogens with zero attached hydrogens (tertiary/aromatic N) is 5. The smallest absolute Gasteiger partial charge is 0.230 e. The quantitative estimate of drug-likeness (QED) is 0.631. The second-order valence-electron chi connectivity index (χ2n) is 7.50. The van der Waals surface area contributed by atoms with Crippen molar-refractivity contribution in [1.82, 2.24) is 9.97 Å². The lowest BCUT2D eigenvalue weighted by Crippen LogP contribution is -2.43. The van der Waals surface area contributed by atoms with Gasteiger partial charge in [0.25, 0.3) is 0 Å². The van der Waals surface area contributed by atoms with Gasteiger partial charge in [0.1, 0.15) is 17.7 Å². The van der Waals surface area contributed by atoms with Crippen molar-refractivity contribution in [1.29, 1.82) is 5.26 Å². The Labute approximate surface area is 180 Å². The zero-order valence-electron chi connectivity index (χ0n) is 17.0. The highest BCUT2D eigenvalue weighted by Crippen LogP contribution is 2.27. The van der Waals surface area contributed by atoms with Gasteiger partial charge >= 0.3 is 0 Å². The summed E-state index contributed by atoms with van der Waals surface area (Å²) in [5.74, 6) is 0.360. The molecule has 0 saturated carbocycles. The Kier molecular flexibility index (Phi) is 6.18. The number of nitriles is 1.